The van der Waals surface area contributed by atoms with Gasteiger partial charge in [-0.25, -0.2) is 0 Å². The fourth-order valence-corrected chi connectivity index (χ4v) is 2.73. The first-order valence-corrected chi connectivity index (χ1v) is 9.28. The SMILES string of the molecule is CCC(C)NCCC(=O)N(CCc1ccccc1)Cc1ccccc1. The van der Waals surface area contributed by atoms with E-state index >= 15 is 0 Å². The van der Waals surface area contributed by atoms with Crippen molar-refractivity contribution >= 4 is 5.91 Å². The molecule has 0 saturated heterocycles. The number of carbonyl (C=O) groups excluding carboxylic acids is 1. The summed E-state index contributed by atoms with van der Waals surface area (Å²) in [4.78, 5) is 14.7. The Morgan fingerprint density at radius 3 is 2.20 bits per heavy atom. The first-order valence-electron chi connectivity index (χ1n) is 9.28. The molecule has 1 unspecified atom stereocenters. The van der Waals surface area contributed by atoms with E-state index in [-0.39, 0.29) is 5.91 Å². The number of carbonyl (C=O) groups is 1. The predicted molar refractivity (Wildman–Crippen MR) is 104 cm³/mol. The van der Waals surface area contributed by atoms with Gasteiger partial charge in [-0.2, -0.15) is 0 Å². The molecule has 1 amide bonds. The van der Waals surface area contributed by atoms with Crippen LogP contribution in [0.2, 0.25) is 0 Å². The van der Waals surface area contributed by atoms with E-state index < -0.39 is 0 Å². The second-order valence-corrected chi connectivity index (χ2v) is 6.55. The number of hydrogen-bond donors (Lipinski definition) is 1. The van der Waals surface area contributed by atoms with Gasteiger partial charge >= 0.3 is 0 Å². The van der Waals surface area contributed by atoms with Crippen molar-refractivity contribution in [1.82, 2.24) is 10.2 Å². The summed E-state index contributed by atoms with van der Waals surface area (Å²) in [6.45, 7) is 6.48. The van der Waals surface area contributed by atoms with Gasteiger partial charge in [-0.05, 0) is 30.9 Å². The predicted octanol–water partition coefficient (Wildman–Crippen LogP) is 4.04. The molecule has 0 bridgehead atoms. The van der Waals surface area contributed by atoms with Gasteiger partial charge in [-0.3, -0.25) is 4.79 Å². The van der Waals surface area contributed by atoms with Crippen LogP contribution in [0.1, 0.15) is 37.8 Å². The van der Waals surface area contributed by atoms with Crippen molar-refractivity contribution in [3.63, 3.8) is 0 Å². The smallest absolute Gasteiger partial charge is 0.224 e. The van der Waals surface area contributed by atoms with Crippen LogP contribution in [0.15, 0.2) is 60.7 Å². The Labute approximate surface area is 152 Å². The van der Waals surface area contributed by atoms with Crippen LogP contribution in [0.25, 0.3) is 0 Å². The Kier molecular flexibility index (Phi) is 8.20. The van der Waals surface area contributed by atoms with Gasteiger partial charge in [0.15, 0.2) is 0 Å². The van der Waals surface area contributed by atoms with E-state index in [0.29, 0.717) is 19.0 Å². The largest absolute Gasteiger partial charge is 0.338 e. The molecule has 1 N–H and O–H groups in total. The standard InChI is InChI=1S/C22H30N2O/c1-3-19(2)23-16-14-22(25)24(18-21-12-8-5-9-13-21)17-15-20-10-6-4-7-11-20/h4-13,19,23H,3,14-18H2,1-2H3. The quantitative estimate of drug-likeness (QED) is 0.709. The third kappa shape index (κ3) is 7.10. The van der Waals surface area contributed by atoms with Crippen molar-refractivity contribution < 1.29 is 4.79 Å². The summed E-state index contributed by atoms with van der Waals surface area (Å²) in [6, 6.07) is 21.1. The average molecular weight is 338 g/mol. The summed E-state index contributed by atoms with van der Waals surface area (Å²) >= 11 is 0. The molecule has 3 heteroatoms. The van der Waals surface area contributed by atoms with Crippen molar-refractivity contribution in [3.8, 4) is 0 Å². The van der Waals surface area contributed by atoms with Gasteiger partial charge in [0, 0.05) is 32.1 Å². The van der Waals surface area contributed by atoms with E-state index in [2.05, 4.69) is 55.6 Å². The molecule has 134 valence electrons. The molecule has 1 atom stereocenters. The van der Waals surface area contributed by atoms with Gasteiger partial charge in [0.05, 0.1) is 0 Å². The van der Waals surface area contributed by atoms with Crippen molar-refractivity contribution in [2.45, 2.75) is 45.7 Å². The molecule has 25 heavy (non-hydrogen) atoms. The van der Waals surface area contributed by atoms with Crippen LogP contribution in [0.3, 0.4) is 0 Å². The Hall–Kier alpha value is -2.13. The van der Waals surface area contributed by atoms with Crippen molar-refractivity contribution in [2.24, 2.45) is 0 Å². The maximum atomic E-state index is 12.7. The molecule has 2 rings (SSSR count). The van der Waals surface area contributed by atoms with Crippen LogP contribution in [0.5, 0.6) is 0 Å². The molecule has 0 aliphatic carbocycles. The van der Waals surface area contributed by atoms with Gasteiger partial charge in [0.1, 0.15) is 0 Å². The van der Waals surface area contributed by atoms with E-state index in [1.807, 2.05) is 29.2 Å². The summed E-state index contributed by atoms with van der Waals surface area (Å²) in [6.07, 6.45) is 2.51. The first kappa shape index (κ1) is 19.2. The molecular formula is C22H30N2O. The van der Waals surface area contributed by atoms with Crippen molar-refractivity contribution in [1.29, 1.82) is 0 Å². The zero-order chi connectivity index (χ0) is 17.9. The lowest BCUT2D eigenvalue weighted by atomic mass is 10.1. The maximum absolute atomic E-state index is 12.7. The van der Waals surface area contributed by atoms with Crippen LogP contribution >= 0.6 is 0 Å². The normalized spacial score (nSPS) is 11.9. The third-order valence-corrected chi connectivity index (χ3v) is 4.53. The third-order valence-electron chi connectivity index (χ3n) is 4.53. The number of nitrogens with zero attached hydrogens (tertiary/aromatic N) is 1. The lowest BCUT2D eigenvalue weighted by Gasteiger charge is -2.23. The highest BCUT2D eigenvalue weighted by Gasteiger charge is 2.14. The van der Waals surface area contributed by atoms with Crippen LogP contribution in [0.4, 0.5) is 0 Å². The second-order valence-electron chi connectivity index (χ2n) is 6.55. The summed E-state index contributed by atoms with van der Waals surface area (Å²) in [5.74, 6) is 0.218. The molecule has 0 saturated carbocycles. The minimum absolute atomic E-state index is 0.218. The summed E-state index contributed by atoms with van der Waals surface area (Å²) in [5, 5.41) is 3.41. The van der Waals surface area contributed by atoms with E-state index in [0.717, 1.165) is 25.9 Å². The van der Waals surface area contributed by atoms with Crippen molar-refractivity contribution in [3.05, 3.63) is 71.8 Å². The van der Waals surface area contributed by atoms with Crippen molar-refractivity contribution in [2.75, 3.05) is 13.1 Å². The van der Waals surface area contributed by atoms with E-state index in [1.165, 1.54) is 11.1 Å². The molecule has 0 aliphatic heterocycles. The molecular weight excluding hydrogens is 308 g/mol. The molecule has 0 aliphatic rings. The zero-order valence-electron chi connectivity index (χ0n) is 15.4. The Bertz CT molecular complexity index is 612. The summed E-state index contributed by atoms with van der Waals surface area (Å²) in [5.41, 5.74) is 2.45. The lowest BCUT2D eigenvalue weighted by Crippen LogP contribution is -2.36. The number of amides is 1. The lowest BCUT2D eigenvalue weighted by molar-refractivity contribution is -0.131. The Morgan fingerprint density at radius 1 is 1.00 bits per heavy atom. The zero-order valence-corrected chi connectivity index (χ0v) is 15.4. The van der Waals surface area contributed by atoms with Crippen LogP contribution in [-0.2, 0) is 17.8 Å². The fourth-order valence-electron chi connectivity index (χ4n) is 2.73. The Morgan fingerprint density at radius 2 is 1.60 bits per heavy atom. The summed E-state index contributed by atoms with van der Waals surface area (Å²) in [7, 11) is 0. The molecule has 3 nitrogen and oxygen atoms in total. The molecule has 2 aromatic carbocycles. The number of hydrogen-bond acceptors (Lipinski definition) is 2. The molecule has 0 aromatic heterocycles. The second kappa shape index (κ2) is 10.7. The minimum atomic E-state index is 0.218. The van der Waals surface area contributed by atoms with Gasteiger partial charge < -0.3 is 10.2 Å². The summed E-state index contributed by atoms with van der Waals surface area (Å²) < 4.78 is 0. The monoisotopic (exact) mass is 338 g/mol. The number of benzene rings is 2. The Balaban J connectivity index is 1.94. The highest BCUT2D eigenvalue weighted by atomic mass is 16.2. The van der Waals surface area contributed by atoms with Gasteiger partial charge in [-0.1, -0.05) is 67.6 Å². The van der Waals surface area contributed by atoms with Gasteiger partial charge in [0.25, 0.3) is 0 Å². The maximum Gasteiger partial charge on any atom is 0.224 e. The molecule has 2 aromatic rings. The van der Waals surface area contributed by atoms with E-state index in [4.69, 9.17) is 0 Å². The van der Waals surface area contributed by atoms with Crippen LogP contribution in [0, 0.1) is 0 Å². The topological polar surface area (TPSA) is 32.3 Å². The average Bonchev–Trinajstić information content (AvgIpc) is 2.66. The molecule has 0 fully saturated rings. The number of nitrogens with one attached hydrogen (secondary N) is 1. The highest BCUT2D eigenvalue weighted by molar-refractivity contribution is 5.76. The fraction of sp³-hybridized carbons (Fsp3) is 0.409. The molecule has 0 radical (unpaired) electrons. The van der Waals surface area contributed by atoms with Crippen LogP contribution in [-0.4, -0.2) is 29.9 Å². The highest BCUT2D eigenvalue weighted by Crippen LogP contribution is 2.09. The van der Waals surface area contributed by atoms with Crippen LogP contribution < -0.4 is 5.32 Å². The van der Waals surface area contributed by atoms with Gasteiger partial charge in [-0.15, -0.1) is 0 Å². The first-order chi connectivity index (χ1) is 12.2. The number of rotatable bonds is 10. The minimum Gasteiger partial charge on any atom is -0.338 e. The molecule has 0 heterocycles. The van der Waals surface area contributed by atoms with E-state index in [1.54, 1.807) is 0 Å². The van der Waals surface area contributed by atoms with Gasteiger partial charge in [0.2, 0.25) is 5.91 Å². The van der Waals surface area contributed by atoms with E-state index in [9.17, 15) is 4.79 Å². The molecule has 0 spiro atoms.